The molecule has 8 heteroatoms. The van der Waals surface area contributed by atoms with Crippen molar-refractivity contribution in [3.05, 3.63) is 88.2 Å². The summed E-state index contributed by atoms with van der Waals surface area (Å²) in [6, 6.07) is 15.0. The number of hydrogen-bond donors (Lipinski definition) is 2. The number of hydrogen-bond acceptors (Lipinski definition) is 4. The number of pyridine rings is 1. The van der Waals surface area contributed by atoms with Crippen molar-refractivity contribution in [1.82, 2.24) is 10.3 Å². The van der Waals surface area contributed by atoms with Crippen LogP contribution in [0, 0.1) is 0 Å². The standard InChI is InChI=1S/C28H30Cl2N4O2/c1-28(2,3)19-11-13-20(14-12-19)34(27(36)23-10-6-16-32-23)25(18-7-5-15-31-17-18)26(35)33-24-21(29)8-4-9-22(24)30/h4-5,7-9,11-15,17,23,25,32H,6,10,16H2,1-3H3,(H,33,35)/t23-,25?/m1/s1. The molecule has 0 spiro atoms. The number of nitrogens with zero attached hydrogens (tertiary/aromatic N) is 2. The lowest BCUT2D eigenvalue weighted by Crippen LogP contribution is -2.48. The second-order valence-corrected chi connectivity index (χ2v) is 10.7. The van der Waals surface area contributed by atoms with E-state index in [2.05, 4.69) is 36.4 Å². The third-order valence-corrected chi connectivity index (χ3v) is 6.95. The lowest BCUT2D eigenvalue weighted by Gasteiger charge is -2.33. The van der Waals surface area contributed by atoms with Crippen LogP contribution in [-0.2, 0) is 15.0 Å². The normalized spacial score (nSPS) is 16.4. The van der Waals surface area contributed by atoms with Gasteiger partial charge in [0.05, 0.1) is 21.8 Å². The summed E-state index contributed by atoms with van der Waals surface area (Å²) in [4.78, 5) is 33.6. The van der Waals surface area contributed by atoms with Crippen LogP contribution in [0.25, 0.3) is 0 Å². The zero-order valence-corrected chi connectivity index (χ0v) is 22.1. The van der Waals surface area contributed by atoms with E-state index in [9.17, 15) is 9.59 Å². The average Bonchev–Trinajstić information content (AvgIpc) is 3.40. The summed E-state index contributed by atoms with van der Waals surface area (Å²) < 4.78 is 0. The molecule has 2 aromatic carbocycles. The van der Waals surface area contributed by atoms with Gasteiger partial charge in [-0.1, -0.05) is 68.2 Å². The van der Waals surface area contributed by atoms with Gasteiger partial charge in [-0.2, -0.15) is 0 Å². The van der Waals surface area contributed by atoms with Crippen molar-refractivity contribution < 1.29 is 9.59 Å². The van der Waals surface area contributed by atoms with Crippen LogP contribution in [0.15, 0.2) is 67.0 Å². The van der Waals surface area contributed by atoms with Gasteiger partial charge in [0, 0.05) is 23.6 Å². The van der Waals surface area contributed by atoms with Crippen LogP contribution in [0.2, 0.25) is 10.0 Å². The molecular formula is C28H30Cl2N4O2. The summed E-state index contributed by atoms with van der Waals surface area (Å²) in [6.07, 6.45) is 4.83. The maximum absolute atomic E-state index is 13.9. The van der Waals surface area contributed by atoms with Crippen molar-refractivity contribution in [1.29, 1.82) is 0 Å². The first-order valence-corrected chi connectivity index (χ1v) is 12.7. The summed E-state index contributed by atoms with van der Waals surface area (Å²) in [5.74, 6) is -0.616. The van der Waals surface area contributed by atoms with Crippen LogP contribution in [-0.4, -0.2) is 29.4 Å². The van der Waals surface area contributed by atoms with Crippen molar-refractivity contribution >= 4 is 46.4 Å². The Balaban J connectivity index is 1.81. The summed E-state index contributed by atoms with van der Waals surface area (Å²) >= 11 is 12.7. The number of aromatic nitrogens is 1. The van der Waals surface area contributed by atoms with Gasteiger partial charge in [-0.3, -0.25) is 19.5 Å². The monoisotopic (exact) mass is 524 g/mol. The molecule has 2 heterocycles. The van der Waals surface area contributed by atoms with E-state index in [-0.39, 0.29) is 17.4 Å². The van der Waals surface area contributed by atoms with E-state index < -0.39 is 11.9 Å². The average molecular weight is 525 g/mol. The molecule has 1 saturated heterocycles. The summed E-state index contributed by atoms with van der Waals surface area (Å²) in [5.41, 5.74) is 2.57. The molecule has 4 rings (SSSR count). The quantitative estimate of drug-likeness (QED) is 0.405. The molecule has 36 heavy (non-hydrogen) atoms. The summed E-state index contributed by atoms with van der Waals surface area (Å²) in [7, 11) is 0. The highest BCUT2D eigenvalue weighted by Gasteiger charge is 2.37. The van der Waals surface area contributed by atoms with E-state index in [1.54, 1.807) is 47.6 Å². The summed E-state index contributed by atoms with van der Waals surface area (Å²) in [5, 5.41) is 6.76. The van der Waals surface area contributed by atoms with Gasteiger partial charge in [-0.05, 0) is 60.7 Å². The Morgan fingerprint density at radius 1 is 1.06 bits per heavy atom. The van der Waals surface area contributed by atoms with Crippen molar-refractivity contribution in [2.24, 2.45) is 0 Å². The largest absolute Gasteiger partial charge is 0.321 e. The number of nitrogens with one attached hydrogen (secondary N) is 2. The van der Waals surface area contributed by atoms with E-state index >= 15 is 0 Å². The van der Waals surface area contributed by atoms with Crippen LogP contribution in [0.1, 0.15) is 50.8 Å². The molecule has 0 radical (unpaired) electrons. The SMILES string of the molecule is CC(C)(C)c1ccc(N(C(=O)[C@H]2CCCN2)C(C(=O)Nc2c(Cl)cccc2Cl)c2cccnc2)cc1. The Morgan fingerprint density at radius 3 is 2.31 bits per heavy atom. The van der Waals surface area contributed by atoms with Gasteiger partial charge >= 0.3 is 0 Å². The van der Waals surface area contributed by atoms with Crippen molar-refractivity contribution in [3.8, 4) is 0 Å². The van der Waals surface area contributed by atoms with Gasteiger partial charge in [0.1, 0.15) is 6.04 Å². The second kappa shape index (κ2) is 11.0. The fourth-order valence-corrected chi connectivity index (χ4v) is 4.84. The molecule has 188 valence electrons. The minimum Gasteiger partial charge on any atom is -0.321 e. The minimum atomic E-state index is -0.999. The molecule has 1 aliphatic rings. The van der Waals surface area contributed by atoms with Crippen molar-refractivity contribution in [3.63, 3.8) is 0 Å². The van der Waals surface area contributed by atoms with E-state index in [4.69, 9.17) is 23.2 Å². The molecule has 1 aliphatic heterocycles. The molecule has 2 atom stereocenters. The number of rotatable bonds is 6. The van der Waals surface area contributed by atoms with Crippen LogP contribution < -0.4 is 15.5 Å². The number of para-hydroxylation sites is 1. The first-order chi connectivity index (χ1) is 17.2. The van der Waals surface area contributed by atoms with Crippen LogP contribution in [0.3, 0.4) is 0 Å². The topological polar surface area (TPSA) is 74.3 Å². The van der Waals surface area contributed by atoms with Crippen molar-refractivity contribution in [2.75, 3.05) is 16.8 Å². The number of anilines is 2. The molecular weight excluding hydrogens is 495 g/mol. The molecule has 6 nitrogen and oxygen atoms in total. The Bertz CT molecular complexity index is 1200. The van der Waals surface area contributed by atoms with Crippen LogP contribution in [0.4, 0.5) is 11.4 Å². The second-order valence-electron chi connectivity index (χ2n) is 9.93. The number of carbonyl (C=O) groups is 2. The zero-order chi connectivity index (χ0) is 25.9. The Morgan fingerprint density at radius 2 is 1.75 bits per heavy atom. The molecule has 1 fully saturated rings. The zero-order valence-electron chi connectivity index (χ0n) is 20.6. The third-order valence-electron chi connectivity index (χ3n) is 6.33. The molecule has 1 unspecified atom stereocenters. The highest BCUT2D eigenvalue weighted by Crippen LogP contribution is 2.35. The first kappa shape index (κ1) is 26.1. The Labute approximate surface area is 222 Å². The minimum absolute atomic E-state index is 0.0543. The van der Waals surface area contributed by atoms with Crippen LogP contribution >= 0.6 is 23.2 Å². The van der Waals surface area contributed by atoms with Gasteiger partial charge in [0.15, 0.2) is 0 Å². The van der Waals surface area contributed by atoms with Crippen LogP contribution in [0.5, 0.6) is 0 Å². The van der Waals surface area contributed by atoms with Gasteiger partial charge in [-0.25, -0.2) is 0 Å². The van der Waals surface area contributed by atoms with Gasteiger partial charge in [0.2, 0.25) is 5.91 Å². The van der Waals surface area contributed by atoms with E-state index in [0.29, 0.717) is 33.4 Å². The fourth-order valence-electron chi connectivity index (χ4n) is 4.35. The van der Waals surface area contributed by atoms with Gasteiger partial charge < -0.3 is 10.6 Å². The highest BCUT2D eigenvalue weighted by atomic mass is 35.5. The Hall–Kier alpha value is -2.93. The molecule has 0 saturated carbocycles. The lowest BCUT2D eigenvalue weighted by atomic mass is 9.87. The predicted molar refractivity (Wildman–Crippen MR) is 146 cm³/mol. The van der Waals surface area contributed by atoms with E-state index in [1.807, 2.05) is 24.3 Å². The Kier molecular flexibility index (Phi) is 7.98. The number of carbonyl (C=O) groups excluding carboxylic acids is 2. The summed E-state index contributed by atoms with van der Waals surface area (Å²) in [6.45, 7) is 7.15. The third kappa shape index (κ3) is 5.72. The van der Waals surface area contributed by atoms with Gasteiger partial charge in [0.25, 0.3) is 5.91 Å². The van der Waals surface area contributed by atoms with Crippen molar-refractivity contribution in [2.45, 2.75) is 51.1 Å². The molecule has 0 aliphatic carbocycles. The number of benzene rings is 2. The number of amides is 2. The molecule has 3 aromatic rings. The number of halogens is 2. The van der Waals surface area contributed by atoms with Gasteiger partial charge in [-0.15, -0.1) is 0 Å². The first-order valence-electron chi connectivity index (χ1n) is 12.0. The smallest absolute Gasteiger partial charge is 0.252 e. The molecule has 2 amide bonds. The molecule has 2 N–H and O–H groups in total. The van der Waals surface area contributed by atoms with E-state index in [1.165, 1.54) is 0 Å². The molecule has 0 bridgehead atoms. The predicted octanol–water partition coefficient (Wildman–Crippen LogP) is 6.15. The van der Waals surface area contributed by atoms with E-state index in [0.717, 1.165) is 18.5 Å². The maximum Gasteiger partial charge on any atom is 0.252 e. The lowest BCUT2D eigenvalue weighted by molar-refractivity contribution is -0.124. The highest BCUT2D eigenvalue weighted by molar-refractivity contribution is 6.39. The molecule has 1 aromatic heterocycles. The fraction of sp³-hybridized carbons (Fsp3) is 0.321. The maximum atomic E-state index is 13.9.